The van der Waals surface area contributed by atoms with Crippen LogP contribution < -0.4 is 16.0 Å². The first-order valence-electron chi connectivity index (χ1n) is 12.1. The van der Waals surface area contributed by atoms with Gasteiger partial charge in [0.05, 0.1) is 22.3 Å². The monoisotopic (exact) mass is 436 g/mol. The van der Waals surface area contributed by atoms with Crippen molar-refractivity contribution in [3.8, 4) is 0 Å². The van der Waals surface area contributed by atoms with Crippen LogP contribution in [0.2, 0.25) is 0 Å². The summed E-state index contributed by atoms with van der Waals surface area (Å²) in [7, 11) is 2.02. The molecule has 0 amide bonds. The smallest absolute Gasteiger partial charge is 0.0736 e. The molecule has 166 valence electrons. The number of rotatable bonds is 7. The predicted molar refractivity (Wildman–Crippen MR) is 133 cm³/mol. The van der Waals surface area contributed by atoms with Crippen molar-refractivity contribution in [2.24, 2.45) is 11.8 Å². The molecule has 1 aromatic carbocycles. The molecule has 4 heterocycles. The molecule has 3 unspecified atom stereocenters. The van der Waals surface area contributed by atoms with Crippen molar-refractivity contribution >= 4 is 22.7 Å². The van der Waals surface area contributed by atoms with E-state index in [0.717, 1.165) is 31.2 Å². The maximum absolute atomic E-state index is 3.84. The van der Waals surface area contributed by atoms with Crippen LogP contribution in [0.4, 0.5) is 5.69 Å². The zero-order valence-electron chi connectivity index (χ0n) is 18.9. The average molecular weight is 437 g/mol. The highest BCUT2D eigenvalue weighted by Gasteiger charge is 2.37. The van der Waals surface area contributed by atoms with Gasteiger partial charge in [0.1, 0.15) is 0 Å². The first kappa shape index (κ1) is 21.0. The first-order valence-corrected chi connectivity index (χ1v) is 12.9. The Morgan fingerprint density at radius 3 is 2.77 bits per heavy atom. The summed E-state index contributed by atoms with van der Waals surface area (Å²) in [6.45, 7) is 8.12. The Bertz CT molecular complexity index is 902. The second-order valence-electron chi connectivity index (χ2n) is 9.35. The molecular formula is C26H36N4S. The summed E-state index contributed by atoms with van der Waals surface area (Å²) >= 11 is 1.98. The predicted octanol–water partition coefficient (Wildman–Crippen LogP) is 4.51. The highest BCUT2D eigenvalue weighted by molar-refractivity contribution is 7.13. The molecule has 0 aliphatic carbocycles. The van der Waals surface area contributed by atoms with Gasteiger partial charge < -0.3 is 20.9 Å². The van der Waals surface area contributed by atoms with Gasteiger partial charge in [0.15, 0.2) is 0 Å². The van der Waals surface area contributed by atoms with E-state index in [1.54, 1.807) is 0 Å². The van der Waals surface area contributed by atoms with E-state index < -0.39 is 0 Å². The van der Waals surface area contributed by atoms with E-state index in [9.17, 15) is 0 Å². The molecule has 2 fully saturated rings. The minimum absolute atomic E-state index is 0.244. The van der Waals surface area contributed by atoms with E-state index in [1.165, 1.54) is 71.3 Å². The zero-order chi connectivity index (χ0) is 21.2. The number of aryl methyl sites for hydroxylation is 2. The third-order valence-corrected chi connectivity index (χ3v) is 8.55. The molecule has 0 bridgehead atoms. The fourth-order valence-corrected chi connectivity index (χ4v) is 6.53. The standard InChI is InChI=1S/C26H36N4S/c1-3-22-13-24-26(31-22)25(30-16-20-10-12-28-15-21(20)17-30)14-23(29-24)19-8-6-18(7-9-19)5-4-11-27-2/h6-9,13-14,20-21,23,27-29H,3-5,10-12,15-17H2,1-2H3. The van der Waals surface area contributed by atoms with Crippen LogP contribution in [0.15, 0.2) is 36.4 Å². The normalized spacial score (nSPS) is 25.0. The van der Waals surface area contributed by atoms with Crippen molar-refractivity contribution in [2.45, 2.75) is 38.6 Å². The molecule has 0 saturated carbocycles. The Kier molecular flexibility index (Phi) is 6.35. The SMILES string of the molecule is CCc1cc2c(s1)C(N1CC3CCNCC3C1)=CC(c1ccc(CCCNC)cc1)N2. The summed E-state index contributed by atoms with van der Waals surface area (Å²) < 4.78 is 0. The van der Waals surface area contributed by atoms with Crippen molar-refractivity contribution in [2.75, 3.05) is 45.1 Å². The van der Waals surface area contributed by atoms with E-state index in [-0.39, 0.29) is 6.04 Å². The second kappa shape index (κ2) is 9.35. The van der Waals surface area contributed by atoms with E-state index in [4.69, 9.17) is 0 Å². The number of benzene rings is 1. The summed E-state index contributed by atoms with van der Waals surface area (Å²) in [6, 6.07) is 11.9. The van der Waals surface area contributed by atoms with Gasteiger partial charge in [0.25, 0.3) is 0 Å². The molecule has 31 heavy (non-hydrogen) atoms. The maximum Gasteiger partial charge on any atom is 0.0736 e. The van der Waals surface area contributed by atoms with Gasteiger partial charge in [0.2, 0.25) is 0 Å². The fourth-order valence-electron chi connectivity index (χ4n) is 5.41. The number of thiophene rings is 1. The average Bonchev–Trinajstić information content (AvgIpc) is 3.43. The Balaban J connectivity index is 1.40. The Morgan fingerprint density at radius 2 is 2.00 bits per heavy atom. The summed E-state index contributed by atoms with van der Waals surface area (Å²) in [5, 5.41) is 10.7. The molecule has 5 heteroatoms. The largest absolute Gasteiger partial charge is 0.373 e. The second-order valence-corrected chi connectivity index (χ2v) is 10.5. The number of likely N-dealkylation sites (tertiary alicyclic amines) is 1. The number of fused-ring (bicyclic) bond motifs is 2. The quantitative estimate of drug-likeness (QED) is 0.559. The van der Waals surface area contributed by atoms with E-state index >= 15 is 0 Å². The lowest BCUT2D eigenvalue weighted by Gasteiger charge is -2.30. The van der Waals surface area contributed by atoms with Crippen LogP contribution >= 0.6 is 11.3 Å². The van der Waals surface area contributed by atoms with Gasteiger partial charge >= 0.3 is 0 Å². The molecule has 2 aromatic rings. The minimum Gasteiger partial charge on any atom is -0.373 e. The molecule has 5 rings (SSSR count). The molecule has 2 saturated heterocycles. The molecule has 1 aromatic heterocycles. The van der Waals surface area contributed by atoms with E-state index in [1.807, 2.05) is 18.4 Å². The van der Waals surface area contributed by atoms with Crippen LogP contribution in [-0.4, -0.2) is 44.7 Å². The Hall–Kier alpha value is -1.82. The first-order chi connectivity index (χ1) is 15.2. The van der Waals surface area contributed by atoms with Gasteiger partial charge in [-0.3, -0.25) is 0 Å². The lowest BCUT2D eigenvalue weighted by molar-refractivity contribution is 0.318. The molecule has 3 aliphatic heterocycles. The van der Waals surface area contributed by atoms with Crippen molar-refractivity contribution in [1.82, 2.24) is 15.5 Å². The summed E-state index contributed by atoms with van der Waals surface area (Å²) in [5.74, 6) is 1.65. The molecule has 0 radical (unpaired) electrons. The Morgan fingerprint density at radius 1 is 1.16 bits per heavy atom. The van der Waals surface area contributed by atoms with E-state index in [2.05, 4.69) is 64.2 Å². The zero-order valence-corrected chi connectivity index (χ0v) is 19.7. The number of hydrogen-bond donors (Lipinski definition) is 3. The van der Waals surface area contributed by atoms with Crippen LogP contribution in [0.5, 0.6) is 0 Å². The Labute approximate surface area is 191 Å². The molecular weight excluding hydrogens is 400 g/mol. The third kappa shape index (κ3) is 4.41. The molecule has 3 aliphatic rings. The van der Waals surface area contributed by atoms with Crippen LogP contribution in [-0.2, 0) is 12.8 Å². The summed E-state index contributed by atoms with van der Waals surface area (Å²) in [4.78, 5) is 5.61. The molecule has 3 atom stereocenters. The van der Waals surface area contributed by atoms with Crippen molar-refractivity contribution < 1.29 is 0 Å². The molecule has 0 spiro atoms. The van der Waals surface area contributed by atoms with Gasteiger partial charge in [-0.2, -0.15) is 0 Å². The topological polar surface area (TPSA) is 39.3 Å². The van der Waals surface area contributed by atoms with Gasteiger partial charge in [0, 0.05) is 18.0 Å². The lowest BCUT2D eigenvalue weighted by Crippen LogP contribution is -2.35. The van der Waals surface area contributed by atoms with Crippen LogP contribution in [0.3, 0.4) is 0 Å². The number of anilines is 1. The van der Waals surface area contributed by atoms with Crippen molar-refractivity contribution in [1.29, 1.82) is 0 Å². The van der Waals surface area contributed by atoms with Crippen LogP contribution in [0.1, 0.15) is 46.7 Å². The van der Waals surface area contributed by atoms with Crippen LogP contribution in [0, 0.1) is 11.8 Å². The van der Waals surface area contributed by atoms with Gasteiger partial charge in [-0.05, 0) is 87.5 Å². The van der Waals surface area contributed by atoms with Crippen molar-refractivity contribution in [3.05, 3.63) is 57.3 Å². The van der Waals surface area contributed by atoms with Crippen LogP contribution in [0.25, 0.3) is 5.70 Å². The maximum atomic E-state index is 3.84. The number of nitrogens with one attached hydrogen (secondary N) is 3. The fraction of sp³-hybridized carbons (Fsp3) is 0.538. The molecule has 4 nitrogen and oxygen atoms in total. The summed E-state index contributed by atoms with van der Waals surface area (Å²) in [6.07, 6.45) is 7.25. The lowest BCUT2D eigenvalue weighted by atomic mass is 9.90. The minimum atomic E-state index is 0.244. The van der Waals surface area contributed by atoms with E-state index in [0.29, 0.717) is 0 Å². The van der Waals surface area contributed by atoms with Gasteiger partial charge in [-0.25, -0.2) is 0 Å². The summed E-state index contributed by atoms with van der Waals surface area (Å²) in [5.41, 5.74) is 5.59. The highest BCUT2D eigenvalue weighted by Crippen LogP contribution is 2.44. The number of piperidine rings is 1. The highest BCUT2D eigenvalue weighted by atomic mass is 32.1. The number of hydrogen-bond acceptors (Lipinski definition) is 5. The van der Waals surface area contributed by atoms with Gasteiger partial charge in [-0.1, -0.05) is 31.2 Å². The number of nitrogens with zero attached hydrogens (tertiary/aromatic N) is 1. The van der Waals surface area contributed by atoms with Gasteiger partial charge in [-0.15, -0.1) is 11.3 Å². The molecule has 3 N–H and O–H groups in total. The van der Waals surface area contributed by atoms with Crippen molar-refractivity contribution in [3.63, 3.8) is 0 Å². The third-order valence-electron chi connectivity index (χ3n) is 7.25.